The number of aromatic carboxylic acids is 1. The van der Waals surface area contributed by atoms with Crippen LogP contribution in [-0.2, 0) is 0 Å². The van der Waals surface area contributed by atoms with E-state index in [0.29, 0.717) is 17.2 Å². The van der Waals surface area contributed by atoms with Crippen molar-refractivity contribution in [1.29, 1.82) is 0 Å². The fourth-order valence-corrected chi connectivity index (χ4v) is 4.12. The average Bonchev–Trinajstić information content (AvgIpc) is 3.03. The maximum atomic E-state index is 11.1. The van der Waals surface area contributed by atoms with Crippen molar-refractivity contribution in [2.75, 3.05) is 0 Å². The fourth-order valence-electron chi connectivity index (χ4n) is 4.12. The van der Waals surface area contributed by atoms with Crippen LogP contribution in [-0.4, -0.2) is 20.9 Å². The number of aromatic nitrogens is 3. The molecule has 1 heterocycles. The Morgan fingerprint density at radius 1 is 0.442 bits per heavy atom. The van der Waals surface area contributed by atoms with Crippen LogP contribution >= 0.6 is 0 Å². The Hall–Kier alpha value is -5.02. The fraction of sp³-hybridized carbons (Fsp3) is 0. The molecule has 0 fully saturated rings. The zero-order chi connectivity index (χ0) is 28.7. The molecule has 204 valence electrons. The number of hydrogen-bond acceptors (Lipinski definition) is 8. The van der Waals surface area contributed by atoms with Crippen molar-refractivity contribution in [2.45, 2.75) is 0 Å². The van der Waals surface area contributed by atoms with Gasteiger partial charge in [-0.25, -0.2) is 0 Å². The monoisotopic (exact) mass is 575 g/mol. The smallest absolute Gasteiger partial charge is 0.545 e. The predicted octanol–water partition coefficient (Wildman–Crippen LogP) is 3.95. The van der Waals surface area contributed by atoms with Gasteiger partial charge in [-0.15, -0.1) is 15.0 Å². The third-order valence-electron chi connectivity index (χ3n) is 6.21. The number of benzene rings is 5. The first-order valence-electron chi connectivity index (χ1n) is 13.0. The molecular formula is C34H22N3NaO5. The molecule has 1 aromatic heterocycles. The zero-order valence-corrected chi connectivity index (χ0v) is 25.1. The van der Waals surface area contributed by atoms with E-state index in [4.69, 9.17) is 14.2 Å². The quantitative estimate of drug-likeness (QED) is 0.239. The predicted molar refractivity (Wildman–Crippen MR) is 155 cm³/mol. The third kappa shape index (κ3) is 7.64. The van der Waals surface area contributed by atoms with E-state index < -0.39 is 5.97 Å². The Balaban J connectivity index is 0.00000368. The Morgan fingerprint density at radius 3 is 1.07 bits per heavy atom. The summed E-state index contributed by atoms with van der Waals surface area (Å²) in [5, 5.41) is 11.1. The van der Waals surface area contributed by atoms with Gasteiger partial charge < -0.3 is 24.1 Å². The summed E-state index contributed by atoms with van der Waals surface area (Å²) in [6, 6.07) is 40.5. The van der Waals surface area contributed by atoms with Crippen LogP contribution in [0.3, 0.4) is 0 Å². The minimum atomic E-state index is -1.29. The van der Waals surface area contributed by atoms with Crippen molar-refractivity contribution in [3.8, 4) is 57.5 Å². The zero-order valence-electron chi connectivity index (χ0n) is 23.1. The molecule has 0 aliphatic heterocycles. The molecule has 0 saturated heterocycles. The SMILES string of the molecule is O=C([O-])c1ccc(Oc2nc(Oc3ccc(-c4ccccc4)cc3)nc(Oc3ccc(-c4ccccc4)cc3)n2)cc1.[Na+]. The summed E-state index contributed by atoms with van der Waals surface area (Å²) in [7, 11) is 0. The van der Waals surface area contributed by atoms with Crippen molar-refractivity contribution < 1.29 is 53.7 Å². The topological polar surface area (TPSA) is 106 Å². The number of nitrogens with zero attached hydrogens (tertiary/aromatic N) is 3. The maximum absolute atomic E-state index is 11.1. The van der Waals surface area contributed by atoms with Crippen molar-refractivity contribution in [3.63, 3.8) is 0 Å². The summed E-state index contributed by atoms with van der Waals surface area (Å²) >= 11 is 0. The Bertz CT molecular complexity index is 1700. The normalized spacial score (nSPS) is 10.3. The van der Waals surface area contributed by atoms with Crippen LogP contribution in [0.2, 0.25) is 0 Å². The van der Waals surface area contributed by atoms with Crippen LogP contribution in [0.15, 0.2) is 133 Å². The number of hydrogen-bond donors (Lipinski definition) is 0. The molecular weight excluding hydrogens is 553 g/mol. The van der Waals surface area contributed by atoms with E-state index in [0.717, 1.165) is 22.3 Å². The van der Waals surface area contributed by atoms with Crippen LogP contribution < -0.4 is 48.9 Å². The number of rotatable bonds is 9. The molecule has 5 aromatic carbocycles. The van der Waals surface area contributed by atoms with Gasteiger partial charge in [0.05, 0.1) is 5.97 Å². The first-order valence-corrected chi connectivity index (χ1v) is 13.0. The second-order valence-corrected chi connectivity index (χ2v) is 9.08. The van der Waals surface area contributed by atoms with E-state index in [1.807, 2.05) is 109 Å². The van der Waals surface area contributed by atoms with E-state index >= 15 is 0 Å². The molecule has 0 aliphatic carbocycles. The molecule has 0 unspecified atom stereocenters. The van der Waals surface area contributed by atoms with Crippen LogP contribution in [0.5, 0.6) is 35.3 Å². The average molecular weight is 576 g/mol. The molecule has 0 radical (unpaired) electrons. The maximum Gasteiger partial charge on any atom is 1.00 e. The molecule has 6 rings (SSSR count). The minimum Gasteiger partial charge on any atom is -0.545 e. The first-order chi connectivity index (χ1) is 20.6. The standard InChI is InChI=1S/C34H23N3O5.Na/c38-31(39)27-15-21-30(22-16-27)42-34-36-32(40-28-17-11-25(12-18-28)23-7-3-1-4-8-23)35-33(37-34)41-29-19-13-26(14-20-29)24-9-5-2-6-10-24;/h1-22H,(H,38,39);/q;+1/p-1. The summed E-state index contributed by atoms with van der Waals surface area (Å²) in [6.45, 7) is 0. The number of carbonyl (C=O) groups excluding carboxylic acids is 1. The second kappa shape index (κ2) is 13.8. The van der Waals surface area contributed by atoms with Gasteiger partial charge in [0.1, 0.15) is 17.2 Å². The molecule has 8 nitrogen and oxygen atoms in total. The molecule has 0 saturated carbocycles. The molecule has 9 heteroatoms. The number of carbonyl (C=O) groups is 1. The molecule has 0 amide bonds. The van der Waals surface area contributed by atoms with Crippen molar-refractivity contribution in [3.05, 3.63) is 139 Å². The van der Waals surface area contributed by atoms with Crippen LogP contribution in [0, 0.1) is 0 Å². The van der Waals surface area contributed by atoms with Gasteiger partial charge in [-0.1, -0.05) is 84.9 Å². The van der Waals surface area contributed by atoms with Gasteiger partial charge in [-0.2, -0.15) is 0 Å². The van der Waals surface area contributed by atoms with Crippen LogP contribution in [0.4, 0.5) is 0 Å². The number of carboxylic acids is 1. The van der Waals surface area contributed by atoms with Crippen molar-refractivity contribution >= 4 is 5.97 Å². The second-order valence-electron chi connectivity index (χ2n) is 9.08. The summed E-state index contributed by atoms with van der Waals surface area (Å²) in [6.07, 6.45) is 0. The minimum absolute atomic E-state index is 0. The molecule has 43 heavy (non-hydrogen) atoms. The third-order valence-corrected chi connectivity index (χ3v) is 6.21. The molecule has 0 aliphatic rings. The largest absolute Gasteiger partial charge is 1.00 e. The van der Waals surface area contributed by atoms with Crippen LogP contribution in [0.25, 0.3) is 22.3 Å². The summed E-state index contributed by atoms with van der Waals surface area (Å²) in [4.78, 5) is 24.0. The van der Waals surface area contributed by atoms with Gasteiger partial charge in [0, 0.05) is 0 Å². The Labute approximate surface area is 269 Å². The molecule has 0 bridgehead atoms. The molecule has 0 N–H and O–H groups in total. The van der Waals surface area contributed by atoms with Gasteiger partial charge in [-0.05, 0) is 76.3 Å². The van der Waals surface area contributed by atoms with Gasteiger partial charge in [0.25, 0.3) is 0 Å². The van der Waals surface area contributed by atoms with Gasteiger partial charge in [-0.3, -0.25) is 0 Å². The number of ether oxygens (including phenoxy) is 3. The first kappa shape index (κ1) is 29.5. The van der Waals surface area contributed by atoms with Gasteiger partial charge >= 0.3 is 47.6 Å². The van der Waals surface area contributed by atoms with Crippen molar-refractivity contribution in [2.24, 2.45) is 0 Å². The van der Waals surface area contributed by atoms with E-state index in [1.165, 1.54) is 24.3 Å². The summed E-state index contributed by atoms with van der Waals surface area (Å²) in [5.74, 6) is 0.0267. The Morgan fingerprint density at radius 2 is 0.744 bits per heavy atom. The van der Waals surface area contributed by atoms with E-state index in [-0.39, 0.29) is 53.2 Å². The van der Waals surface area contributed by atoms with Gasteiger partial charge in [0.15, 0.2) is 0 Å². The number of carboxylic acid groups (broad SMARTS) is 1. The van der Waals surface area contributed by atoms with E-state index in [1.54, 1.807) is 0 Å². The van der Waals surface area contributed by atoms with Crippen LogP contribution in [0.1, 0.15) is 10.4 Å². The van der Waals surface area contributed by atoms with Crippen molar-refractivity contribution in [1.82, 2.24) is 15.0 Å². The van der Waals surface area contributed by atoms with E-state index in [9.17, 15) is 9.90 Å². The summed E-state index contributed by atoms with van der Waals surface area (Å²) < 4.78 is 17.7. The van der Waals surface area contributed by atoms with E-state index in [2.05, 4.69) is 15.0 Å². The molecule has 6 aromatic rings. The molecule has 0 spiro atoms. The summed E-state index contributed by atoms with van der Waals surface area (Å²) in [5.41, 5.74) is 4.25. The molecule has 0 atom stereocenters. The van der Waals surface area contributed by atoms with Gasteiger partial charge in [0.2, 0.25) is 0 Å². The Kier molecular flexibility index (Phi) is 9.43.